The lowest BCUT2D eigenvalue weighted by molar-refractivity contribution is 0.198. The molecule has 17 heavy (non-hydrogen) atoms. The Labute approximate surface area is 110 Å². The van der Waals surface area contributed by atoms with E-state index in [4.69, 9.17) is 4.43 Å². The van der Waals surface area contributed by atoms with Crippen LogP contribution in [0.1, 0.15) is 44.2 Å². The van der Waals surface area contributed by atoms with Crippen molar-refractivity contribution in [3.8, 4) is 0 Å². The molecule has 0 saturated heterocycles. The van der Waals surface area contributed by atoms with Gasteiger partial charge in [-0.3, -0.25) is 0 Å². The molecule has 0 aliphatic rings. The zero-order valence-electron chi connectivity index (χ0n) is 11.7. The van der Waals surface area contributed by atoms with E-state index in [2.05, 4.69) is 39.9 Å². The van der Waals surface area contributed by atoms with Gasteiger partial charge >= 0.3 is 0 Å². The van der Waals surface area contributed by atoms with E-state index in [-0.39, 0.29) is 5.04 Å². The van der Waals surface area contributed by atoms with Crippen LogP contribution in [0.5, 0.6) is 0 Å². The quantitative estimate of drug-likeness (QED) is 0.827. The van der Waals surface area contributed by atoms with Gasteiger partial charge in [-0.1, -0.05) is 20.8 Å². The molecule has 1 heterocycles. The van der Waals surface area contributed by atoms with Gasteiger partial charge < -0.3 is 9.53 Å². The highest BCUT2D eigenvalue weighted by Crippen LogP contribution is 2.37. The van der Waals surface area contributed by atoms with Crippen molar-refractivity contribution in [2.75, 3.05) is 0 Å². The van der Waals surface area contributed by atoms with Gasteiger partial charge in [-0.05, 0) is 42.1 Å². The van der Waals surface area contributed by atoms with Crippen LogP contribution < -0.4 is 0 Å². The van der Waals surface area contributed by atoms with Crippen LogP contribution in [0.3, 0.4) is 0 Å². The largest absolute Gasteiger partial charge is 0.413 e. The Hall–Kier alpha value is -0.163. The molecule has 2 nitrogen and oxygen atoms in total. The van der Waals surface area contributed by atoms with Crippen molar-refractivity contribution in [1.82, 2.24) is 0 Å². The molecule has 1 unspecified atom stereocenters. The van der Waals surface area contributed by atoms with Crippen molar-refractivity contribution in [3.05, 3.63) is 21.9 Å². The van der Waals surface area contributed by atoms with Crippen molar-refractivity contribution in [2.24, 2.45) is 0 Å². The summed E-state index contributed by atoms with van der Waals surface area (Å²) in [5, 5.41) is 11.9. The molecule has 1 aromatic heterocycles. The number of rotatable bonds is 4. The second-order valence-corrected chi connectivity index (χ2v) is 11.8. The molecular weight excluding hydrogens is 248 g/mol. The van der Waals surface area contributed by atoms with Crippen molar-refractivity contribution in [3.63, 3.8) is 0 Å². The Balaban J connectivity index is 2.71. The molecule has 0 saturated carbocycles. The highest BCUT2D eigenvalue weighted by molar-refractivity contribution is 7.10. The van der Waals surface area contributed by atoms with Crippen molar-refractivity contribution in [1.29, 1.82) is 0 Å². The average molecular weight is 272 g/mol. The number of aliphatic hydroxyl groups excluding tert-OH is 1. The lowest BCUT2D eigenvalue weighted by Gasteiger charge is -2.36. The van der Waals surface area contributed by atoms with Crippen LogP contribution in [0.2, 0.25) is 18.1 Å². The first kappa shape index (κ1) is 14.9. The van der Waals surface area contributed by atoms with E-state index >= 15 is 0 Å². The summed E-state index contributed by atoms with van der Waals surface area (Å²) in [6.45, 7) is 13.7. The van der Waals surface area contributed by atoms with Crippen LogP contribution in [0.15, 0.2) is 11.4 Å². The van der Waals surface area contributed by atoms with Gasteiger partial charge in [0, 0.05) is 4.88 Å². The van der Waals surface area contributed by atoms with Gasteiger partial charge in [0.2, 0.25) is 0 Å². The molecule has 1 aromatic rings. The molecule has 0 aliphatic carbocycles. The fourth-order valence-corrected chi connectivity index (χ4v) is 3.11. The summed E-state index contributed by atoms with van der Waals surface area (Å²) in [7, 11) is -1.70. The smallest absolute Gasteiger partial charge is 0.192 e. The molecule has 0 bridgehead atoms. The summed E-state index contributed by atoms with van der Waals surface area (Å²) in [6, 6.07) is 2.06. The summed E-state index contributed by atoms with van der Waals surface area (Å²) in [6.07, 6.45) is -0.395. The standard InChI is InChI=1S/C13H24O2SSi/c1-10(14)12-11(7-8-16-12)9-15-17(5,6)13(2,3)4/h7-8,10,14H,9H2,1-6H3. The van der Waals surface area contributed by atoms with Crippen molar-refractivity contribution >= 4 is 19.7 Å². The summed E-state index contributed by atoms with van der Waals surface area (Å²) < 4.78 is 6.16. The molecule has 1 N–H and O–H groups in total. The third-order valence-electron chi connectivity index (χ3n) is 3.55. The van der Waals surface area contributed by atoms with Gasteiger partial charge in [-0.15, -0.1) is 11.3 Å². The third kappa shape index (κ3) is 3.65. The Morgan fingerprint density at radius 2 is 2.00 bits per heavy atom. The van der Waals surface area contributed by atoms with Crippen LogP contribution in [-0.4, -0.2) is 13.4 Å². The monoisotopic (exact) mass is 272 g/mol. The zero-order valence-corrected chi connectivity index (χ0v) is 13.5. The molecule has 1 rings (SSSR count). The first-order chi connectivity index (χ1) is 7.65. The Morgan fingerprint density at radius 3 is 2.47 bits per heavy atom. The minimum Gasteiger partial charge on any atom is -0.413 e. The van der Waals surface area contributed by atoms with E-state index in [0.717, 1.165) is 10.4 Å². The molecule has 1 atom stereocenters. The maximum absolute atomic E-state index is 9.65. The number of hydrogen-bond donors (Lipinski definition) is 1. The summed E-state index contributed by atoms with van der Waals surface area (Å²) in [4.78, 5) is 1.03. The van der Waals surface area contributed by atoms with Gasteiger partial charge in [0.05, 0.1) is 12.7 Å². The van der Waals surface area contributed by atoms with Gasteiger partial charge in [0.1, 0.15) is 0 Å². The molecule has 0 aliphatic heterocycles. The molecule has 0 amide bonds. The van der Waals surface area contributed by atoms with E-state index < -0.39 is 14.4 Å². The zero-order chi connectivity index (χ0) is 13.3. The van der Waals surface area contributed by atoms with E-state index in [1.54, 1.807) is 11.3 Å². The predicted molar refractivity (Wildman–Crippen MR) is 76.9 cm³/mol. The molecular formula is C13H24O2SSi. The minimum absolute atomic E-state index is 0.230. The molecule has 4 heteroatoms. The Bertz CT molecular complexity index is 364. The van der Waals surface area contributed by atoms with Gasteiger partial charge in [0.15, 0.2) is 8.32 Å². The van der Waals surface area contributed by atoms with Crippen LogP contribution in [0.4, 0.5) is 0 Å². The molecule has 0 spiro atoms. The van der Waals surface area contributed by atoms with Crippen LogP contribution >= 0.6 is 11.3 Å². The Morgan fingerprint density at radius 1 is 1.41 bits per heavy atom. The van der Waals surface area contributed by atoms with E-state index in [0.29, 0.717) is 6.61 Å². The number of hydrogen-bond acceptors (Lipinski definition) is 3. The van der Waals surface area contributed by atoms with Crippen LogP contribution in [-0.2, 0) is 11.0 Å². The second-order valence-electron chi connectivity index (χ2n) is 6.04. The fourth-order valence-electron chi connectivity index (χ4n) is 1.31. The Kier molecular flexibility index (Phi) is 4.58. The summed E-state index contributed by atoms with van der Waals surface area (Å²) >= 11 is 1.60. The normalized spacial score (nSPS) is 15.0. The molecule has 0 fully saturated rings. The number of aliphatic hydroxyl groups is 1. The lowest BCUT2D eigenvalue weighted by Crippen LogP contribution is -2.40. The number of thiophene rings is 1. The second kappa shape index (κ2) is 5.22. The van der Waals surface area contributed by atoms with Gasteiger partial charge in [-0.2, -0.15) is 0 Å². The van der Waals surface area contributed by atoms with E-state index in [1.165, 1.54) is 0 Å². The minimum atomic E-state index is -1.70. The summed E-state index contributed by atoms with van der Waals surface area (Å²) in [5.41, 5.74) is 1.13. The fraction of sp³-hybridized carbons (Fsp3) is 0.692. The van der Waals surface area contributed by atoms with Gasteiger partial charge in [0.25, 0.3) is 0 Å². The van der Waals surface area contributed by atoms with E-state index in [1.807, 2.05) is 12.3 Å². The van der Waals surface area contributed by atoms with Crippen molar-refractivity contribution in [2.45, 2.75) is 58.5 Å². The highest BCUT2D eigenvalue weighted by Gasteiger charge is 2.37. The third-order valence-corrected chi connectivity index (χ3v) is 9.16. The first-order valence-electron chi connectivity index (χ1n) is 6.03. The van der Waals surface area contributed by atoms with Crippen LogP contribution in [0.25, 0.3) is 0 Å². The lowest BCUT2D eigenvalue weighted by atomic mass is 10.2. The van der Waals surface area contributed by atoms with E-state index in [9.17, 15) is 5.11 Å². The topological polar surface area (TPSA) is 29.5 Å². The maximum atomic E-state index is 9.65. The molecule has 0 radical (unpaired) electrons. The summed E-state index contributed by atoms with van der Waals surface area (Å²) in [5.74, 6) is 0. The molecule has 98 valence electrons. The SMILES string of the molecule is CC(O)c1sccc1CO[Si](C)(C)C(C)(C)C. The van der Waals surface area contributed by atoms with Crippen molar-refractivity contribution < 1.29 is 9.53 Å². The van der Waals surface area contributed by atoms with Crippen LogP contribution in [0, 0.1) is 0 Å². The first-order valence-corrected chi connectivity index (χ1v) is 9.82. The predicted octanol–water partition coefficient (Wildman–Crippen LogP) is 4.32. The maximum Gasteiger partial charge on any atom is 0.192 e. The average Bonchev–Trinajstić information content (AvgIpc) is 2.60. The highest BCUT2D eigenvalue weighted by atomic mass is 32.1. The van der Waals surface area contributed by atoms with Gasteiger partial charge in [-0.25, -0.2) is 0 Å². The molecule has 0 aromatic carbocycles.